The van der Waals surface area contributed by atoms with Crippen molar-refractivity contribution in [3.05, 3.63) is 23.8 Å². The van der Waals surface area contributed by atoms with Crippen LogP contribution in [0.25, 0.3) is 0 Å². The normalized spacial score (nSPS) is 28.3. The van der Waals surface area contributed by atoms with Gasteiger partial charge in [-0.15, -0.1) is 0 Å². The molecule has 1 saturated heterocycles. The van der Waals surface area contributed by atoms with Crippen LogP contribution < -0.4 is 15.8 Å². The van der Waals surface area contributed by atoms with Crippen LogP contribution in [0.4, 0.5) is 10.5 Å². The number of hydrogen-bond donors (Lipinski definition) is 3. The maximum absolute atomic E-state index is 11.0. The highest BCUT2D eigenvalue weighted by atomic mass is 16.5. The van der Waals surface area contributed by atoms with Gasteiger partial charge in [0.25, 0.3) is 6.02 Å². The number of nitrogens with zero attached hydrogens (tertiary/aromatic N) is 1. The topological polar surface area (TPSA) is 115 Å². The molecule has 128 valence electrons. The standard InChI is InChI=1S/C16H19N3O5/c1-14(2)15(6-22-7-15)16(8-23-12(19-16)18-13(20)21)10-5-9(17)3-4-11(10)24-14/h3-5H,6-8,17H2,1-2H3,(H,18,19)(H,20,21)/t16-/m0/s1. The second-order valence-corrected chi connectivity index (χ2v) is 6.94. The molecule has 1 atom stereocenters. The number of aliphatic imine (C=N–C) groups is 1. The molecule has 0 bridgehead atoms. The molecular formula is C16H19N3O5. The van der Waals surface area contributed by atoms with E-state index in [1.165, 1.54) is 0 Å². The van der Waals surface area contributed by atoms with Crippen LogP contribution >= 0.6 is 0 Å². The van der Waals surface area contributed by atoms with Crippen LogP contribution in [-0.4, -0.2) is 42.6 Å². The number of fused-ring (bicyclic) bond motifs is 3. The molecule has 1 aromatic rings. The van der Waals surface area contributed by atoms with E-state index >= 15 is 0 Å². The number of nitrogens with two attached hydrogens (primary N) is 1. The van der Waals surface area contributed by atoms with Gasteiger partial charge >= 0.3 is 6.09 Å². The summed E-state index contributed by atoms with van der Waals surface area (Å²) in [5.74, 6) is 0.677. The highest BCUT2D eigenvalue weighted by Crippen LogP contribution is 2.62. The number of carbonyl (C=O) groups is 1. The molecule has 1 aromatic carbocycles. The Labute approximate surface area is 138 Å². The predicted molar refractivity (Wildman–Crippen MR) is 85.0 cm³/mol. The molecule has 1 amide bonds. The lowest BCUT2D eigenvalue weighted by Crippen LogP contribution is -2.71. The Morgan fingerprint density at radius 2 is 2.08 bits per heavy atom. The summed E-state index contributed by atoms with van der Waals surface area (Å²) in [5, 5.41) is 11.2. The lowest BCUT2D eigenvalue weighted by Gasteiger charge is -2.61. The number of carboxylic acid groups (broad SMARTS) is 1. The summed E-state index contributed by atoms with van der Waals surface area (Å²) in [6.45, 7) is 5.08. The number of ether oxygens (including phenoxy) is 3. The number of benzene rings is 1. The van der Waals surface area contributed by atoms with E-state index in [0.717, 1.165) is 5.56 Å². The maximum Gasteiger partial charge on any atom is 0.412 e. The van der Waals surface area contributed by atoms with Crippen molar-refractivity contribution in [1.82, 2.24) is 5.32 Å². The fourth-order valence-corrected chi connectivity index (χ4v) is 3.93. The number of hydrogen-bond acceptors (Lipinski definition) is 6. The average Bonchev–Trinajstić information content (AvgIpc) is 2.81. The minimum Gasteiger partial charge on any atom is -0.487 e. The summed E-state index contributed by atoms with van der Waals surface area (Å²) in [7, 11) is 0. The van der Waals surface area contributed by atoms with Crippen LogP contribution in [0.5, 0.6) is 5.75 Å². The van der Waals surface area contributed by atoms with Gasteiger partial charge in [-0.25, -0.2) is 15.1 Å². The number of nitrogen functional groups attached to an aromatic ring is 1. The molecule has 8 nitrogen and oxygen atoms in total. The molecule has 0 aromatic heterocycles. The van der Waals surface area contributed by atoms with Gasteiger partial charge in [0.1, 0.15) is 23.5 Å². The van der Waals surface area contributed by atoms with Gasteiger partial charge in [0, 0.05) is 11.3 Å². The lowest BCUT2D eigenvalue weighted by molar-refractivity contribution is -0.247. The molecule has 1 fully saturated rings. The van der Waals surface area contributed by atoms with Gasteiger partial charge in [-0.3, -0.25) is 0 Å². The van der Waals surface area contributed by atoms with Crippen molar-refractivity contribution in [3.63, 3.8) is 0 Å². The van der Waals surface area contributed by atoms with Gasteiger partial charge in [-0.05, 0) is 32.0 Å². The SMILES string of the molecule is CC1(C)Oc2ccc(N)cc2[C@@]2(COC(NC(=O)O)=N2)C12COC2. The summed E-state index contributed by atoms with van der Waals surface area (Å²) in [6.07, 6.45) is -1.22. The zero-order chi connectivity index (χ0) is 17.2. The third-order valence-electron chi connectivity index (χ3n) is 5.38. The van der Waals surface area contributed by atoms with E-state index in [1.807, 2.05) is 26.0 Å². The second-order valence-electron chi connectivity index (χ2n) is 6.94. The van der Waals surface area contributed by atoms with E-state index in [0.29, 0.717) is 24.7 Å². The number of rotatable bonds is 0. The van der Waals surface area contributed by atoms with Gasteiger partial charge in [0.15, 0.2) is 0 Å². The van der Waals surface area contributed by atoms with E-state index in [2.05, 4.69) is 10.3 Å². The minimum absolute atomic E-state index is 0.0140. The summed E-state index contributed by atoms with van der Waals surface area (Å²) >= 11 is 0. The highest BCUT2D eigenvalue weighted by Gasteiger charge is 2.71. The second kappa shape index (κ2) is 4.54. The lowest BCUT2D eigenvalue weighted by atomic mass is 9.55. The fraction of sp³-hybridized carbons (Fsp3) is 0.500. The van der Waals surface area contributed by atoms with E-state index in [-0.39, 0.29) is 12.6 Å². The molecule has 24 heavy (non-hydrogen) atoms. The first-order valence-corrected chi connectivity index (χ1v) is 7.69. The Balaban J connectivity index is 1.93. The fourth-order valence-electron chi connectivity index (χ4n) is 3.93. The Bertz CT molecular complexity index is 756. The number of anilines is 1. The Kier molecular flexibility index (Phi) is 2.85. The molecule has 0 aliphatic carbocycles. The molecule has 0 unspecified atom stereocenters. The molecule has 3 heterocycles. The first kappa shape index (κ1) is 15.1. The van der Waals surface area contributed by atoms with Crippen LogP contribution in [0.2, 0.25) is 0 Å². The van der Waals surface area contributed by atoms with Crippen molar-refractivity contribution in [2.24, 2.45) is 10.4 Å². The molecule has 4 rings (SSSR count). The van der Waals surface area contributed by atoms with E-state index in [9.17, 15) is 4.79 Å². The van der Waals surface area contributed by atoms with Gasteiger partial charge in [-0.1, -0.05) is 0 Å². The van der Waals surface area contributed by atoms with Gasteiger partial charge < -0.3 is 25.1 Å². The molecule has 2 spiro atoms. The highest BCUT2D eigenvalue weighted by molar-refractivity contribution is 5.91. The number of amidine groups is 1. The van der Waals surface area contributed by atoms with E-state index in [4.69, 9.17) is 25.1 Å². The average molecular weight is 333 g/mol. The first-order chi connectivity index (χ1) is 11.3. The third-order valence-corrected chi connectivity index (χ3v) is 5.38. The Morgan fingerprint density at radius 1 is 1.33 bits per heavy atom. The van der Waals surface area contributed by atoms with Crippen LogP contribution in [0.3, 0.4) is 0 Å². The van der Waals surface area contributed by atoms with Crippen molar-refractivity contribution in [2.45, 2.75) is 25.0 Å². The largest absolute Gasteiger partial charge is 0.487 e. The molecule has 0 radical (unpaired) electrons. The van der Waals surface area contributed by atoms with E-state index < -0.39 is 22.6 Å². The summed E-state index contributed by atoms with van der Waals surface area (Å²) in [6, 6.07) is 5.40. The monoisotopic (exact) mass is 333 g/mol. The smallest absolute Gasteiger partial charge is 0.412 e. The quantitative estimate of drug-likeness (QED) is 0.617. The molecule has 3 aliphatic heterocycles. The molecule has 0 saturated carbocycles. The van der Waals surface area contributed by atoms with Gasteiger partial charge in [-0.2, -0.15) is 0 Å². The van der Waals surface area contributed by atoms with Crippen LogP contribution in [-0.2, 0) is 15.0 Å². The number of nitrogens with one attached hydrogen (secondary N) is 1. The number of amides is 1. The summed E-state index contributed by atoms with van der Waals surface area (Å²) in [4.78, 5) is 15.6. The van der Waals surface area contributed by atoms with Gasteiger partial charge in [0.2, 0.25) is 0 Å². The van der Waals surface area contributed by atoms with Crippen molar-refractivity contribution in [3.8, 4) is 5.75 Å². The third kappa shape index (κ3) is 1.71. The zero-order valence-corrected chi connectivity index (χ0v) is 13.5. The molecule has 4 N–H and O–H groups in total. The van der Waals surface area contributed by atoms with Crippen LogP contribution in [0.15, 0.2) is 23.2 Å². The van der Waals surface area contributed by atoms with Crippen molar-refractivity contribution in [1.29, 1.82) is 0 Å². The molecule has 3 aliphatic rings. The van der Waals surface area contributed by atoms with Crippen LogP contribution in [0, 0.1) is 5.41 Å². The van der Waals surface area contributed by atoms with Crippen molar-refractivity contribution < 1.29 is 24.1 Å². The zero-order valence-electron chi connectivity index (χ0n) is 13.5. The molecular weight excluding hydrogens is 314 g/mol. The van der Waals surface area contributed by atoms with Gasteiger partial charge in [0.05, 0.1) is 18.6 Å². The summed E-state index contributed by atoms with van der Waals surface area (Å²) in [5.41, 5.74) is 5.51. The van der Waals surface area contributed by atoms with Crippen LogP contribution in [0.1, 0.15) is 19.4 Å². The maximum atomic E-state index is 11.0. The minimum atomic E-state index is -1.22. The first-order valence-electron chi connectivity index (χ1n) is 7.69. The molecule has 8 heteroatoms. The Hall–Kier alpha value is -2.48. The van der Waals surface area contributed by atoms with E-state index in [1.54, 1.807) is 6.07 Å². The predicted octanol–water partition coefficient (Wildman–Crippen LogP) is 1.31. The Morgan fingerprint density at radius 3 is 2.71 bits per heavy atom. The van der Waals surface area contributed by atoms with Crippen molar-refractivity contribution in [2.75, 3.05) is 25.6 Å². The summed E-state index contributed by atoms with van der Waals surface area (Å²) < 4.78 is 17.3. The van der Waals surface area contributed by atoms with Crippen molar-refractivity contribution >= 4 is 17.8 Å².